The number of carbonyl (C=O) groups excluding carboxylic acids is 2. The van der Waals surface area contributed by atoms with Gasteiger partial charge in [0.2, 0.25) is 0 Å². The van der Waals surface area contributed by atoms with E-state index in [4.69, 9.17) is 14.6 Å². The Kier molecular flexibility index (Phi) is 7.53. The van der Waals surface area contributed by atoms with E-state index in [1.807, 2.05) is 6.08 Å². The summed E-state index contributed by atoms with van der Waals surface area (Å²) < 4.78 is 11.0. The number of carbonyl (C=O) groups is 2. The lowest BCUT2D eigenvalue weighted by Crippen LogP contribution is -2.34. The second-order valence-corrected chi connectivity index (χ2v) is 6.68. The molecular formula is C20H26O7. The number of aliphatic hydroxyl groups is 3. The van der Waals surface area contributed by atoms with Gasteiger partial charge in [-0.25, -0.2) is 9.59 Å². The van der Waals surface area contributed by atoms with Crippen molar-refractivity contribution in [2.45, 2.75) is 38.4 Å². The lowest BCUT2D eigenvalue weighted by molar-refractivity contribution is -0.147. The van der Waals surface area contributed by atoms with Crippen LogP contribution in [0.2, 0.25) is 0 Å². The summed E-state index contributed by atoms with van der Waals surface area (Å²) in [6, 6.07) is 0. The lowest BCUT2D eigenvalue weighted by atomic mass is 9.85. The number of fused-ring (bicyclic) bond motifs is 1. The van der Waals surface area contributed by atoms with Gasteiger partial charge in [-0.05, 0) is 43.1 Å². The first-order valence-electron chi connectivity index (χ1n) is 8.88. The highest BCUT2D eigenvalue weighted by molar-refractivity contribution is 5.92. The Hall–Kier alpha value is -2.22. The van der Waals surface area contributed by atoms with Crippen molar-refractivity contribution < 1.29 is 34.4 Å². The van der Waals surface area contributed by atoms with Crippen LogP contribution in [-0.4, -0.2) is 59.3 Å². The summed E-state index contributed by atoms with van der Waals surface area (Å²) in [5.41, 5.74) is 1.79. The minimum absolute atomic E-state index is 0.182. The number of rotatable bonds is 5. The maximum absolute atomic E-state index is 12.4. The molecule has 148 valence electrons. The van der Waals surface area contributed by atoms with E-state index in [2.05, 4.69) is 6.58 Å². The van der Waals surface area contributed by atoms with E-state index in [-0.39, 0.29) is 37.4 Å². The minimum atomic E-state index is -0.781. The summed E-state index contributed by atoms with van der Waals surface area (Å²) in [5, 5.41) is 28.2. The van der Waals surface area contributed by atoms with Gasteiger partial charge < -0.3 is 24.8 Å². The minimum Gasteiger partial charge on any atom is -0.458 e. The maximum atomic E-state index is 12.4. The van der Waals surface area contributed by atoms with E-state index < -0.39 is 30.1 Å². The molecule has 0 saturated carbocycles. The third kappa shape index (κ3) is 5.15. The number of hydrogen-bond donors (Lipinski definition) is 3. The fourth-order valence-electron chi connectivity index (χ4n) is 3.25. The summed E-state index contributed by atoms with van der Waals surface area (Å²) in [5.74, 6) is -1.82. The van der Waals surface area contributed by atoms with E-state index in [1.54, 1.807) is 6.08 Å². The van der Waals surface area contributed by atoms with Crippen molar-refractivity contribution in [1.82, 2.24) is 0 Å². The van der Waals surface area contributed by atoms with E-state index in [0.29, 0.717) is 24.0 Å². The second kappa shape index (κ2) is 9.64. The van der Waals surface area contributed by atoms with E-state index in [9.17, 15) is 19.8 Å². The number of ether oxygens (including phenoxy) is 2. The molecule has 7 heteroatoms. The molecule has 1 heterocycles. The van der Waals surface area contributed by atoms with Crippen LogP contribution in [0.1, 0.15) is 26.2 Å². The first-order chi connectivity index (χ1) is 12.9. The van der Waals surface area contributed by atoms with Crippen LogP contribution in [0.4, 0.5) is 0 Å². The SMILES string of the molecule is C=C1C(=O)O[C@@H]2/C=C(\CO)CC/C=C(\CO)C[C@H](OC(=O)/C(C)=C/CO)[C@@H]12. The van der Waals surface area contributed by atoms with Crippen molar-refractivity contribution in [1.29, 1.82) is 0 Å². The highest BCUT2D eigenvalue weighted by atomic mass is 16.6. The van der Waals surface area contributed by atoms with Gasteiger partial charge in [0.05, 0.1) is 25.7 Å². The molecular weight excluding hydrogens is 352 g/mol. The number of allylic oxidation sites excluding steroid dienone is 1. The standard InChI is InChI=1S/C20H26O7/c1-12(6-7-21)19(24)26-16-8-14(10-22)4-3-5-15(11-23)9-17-18(16)13(2)20(25)27-17/h4,6,9,16-18,21-23H,2-3,5,7-8,10-11H2,1H3/b12-6+,14-4-,15-9-/t16-,17+,18+/m0/s1. The second-order valence-electron chi connectivity index (χ2n) is 6.68. The van der Waals surface area contributed by atoms with Gasteiger partial charge in [0.1, 0.15) is 12.2 Å². The van der Waals surface area contributed by atoms with Crippen LogP contribution in [-0.2, 0) is 19.1 Å². The Bertz CT molecular complexity index is 686. The summed E-state index contributed by atoms with van der Waals surface area (Å²) in [6.07, 6.45) is 4.78. The molecule has 0 aromatic rings. The Labute approximate surface area is 158 Å². The molecule has 1 aliphatic heterocycles. The van der Waals surface area contributed by atoms with Crippen LogP contribution in [0.3, 0.4) is 0 Å². The van der Waals surface area contributed by atoms with Crippen molar-refractivity contribution in [3.05, 3.63) is 47.1 Å². The predicted molar refractivity (Wildman–Crippen MR) is 97.4 cm³/mol. The van der Waals surface area contributed by atoms with Gasteiger partial charge in [-0.2, -0.15) is 0 Å². The number of aliphatic hydroxyl groups excluding tert-OH is 3. The molecule has 2 aliphatic rings. The normalized spacial score (nSPS) is 30.5. The number of hydrogen-bond acceptors (Lipinski definition) is 7. The molecule has 27 heavy (non-hydrogen) atoms. The molecule has 0 unspecified atom stereocenters. The topological polar surface area (TPSA) is 113 Å². The van der Waals surface area contributed by atoms with Crippen molar-refractivity contribution in [2.24, 2.45) is 5.92 Å². The van der Waals surface area contributed by atoms with E-state index >= 15 is 0 Å². The van der Waals surface area contributed by atoms with Gasteiger partial charge in [-0.15, -0.1) is 0 Å². The molecule has 0 aromatic carbocycles. The van der Waals surface area contributed by atoms with Crippen molar-refractivity contribution in [3.8, 4) is 0 Å². The van der Waals surface area contributed by atoms with Crippen LogP contribution in [0, 0.1) is 5.92 Å². The first-order valence-corrected chi connectivity index (χ1v) is 8.88. The van der Waals surface area contributed by atoms with E-state index in [0.717, 1.165) is 0 Å². The van der Waals surface area contributed by atoms with Gasteiger partial charge >= 0.3 is 11.9 Å². The quantitative estimate of drug-likeness (QED) is 0.371. The van der Waals surface area contributed by atoms with Crippen LogP contribution in [0.15, 0.2) is 47.1 Å². The molecule has 1 saturated heterocycles. The zero-order chi connectivity index (χ0) is 20.0. The molecule has 0 aromatic heterocycles. The maximum Gasteiger partial charge on any atom is 0.334 e. The Morgan fingerprint density at radius 1 is 1.33 bits per heavy atom. The Morgan fingerprint density at radius 2 is 2.04 bits per heavy atom. The van der Waals surface area contributed by atoms with Crippen molar-refractivity contribution in [3.63, 3.8) is 0 Å². The van der Waals surface area contributed by atoms with Gasteiger partial charge in [-0.3, -0.25) is 0 Å². The molecule has 1 fully saturated rings. The summed E-state index contributed by atoms with van der Waals surface area (Å²) >= 11 is 0. The van der Waals surface area contributed by atoms with Crippen LogP contribution >= 0.6 is 0 Å². The zero-order valence-electron chi connectivity index (χ0n) is 15.4. The highest BCUT2D eigenvalue weighted by Gasteiger charge is 2.44. The molecule has 7 nitrogen and oxygen atoms in total. The molecule has 0 spiro atoms. The third-order valence-electron chi connectivity index (χ3n) is 4.81. The van der Waals surface area contributed by atoms with E-state index in [1.165, 1.54) is 13.0 Å². The lowest BCUT2D eigenvalue weighted by Gasteiger charge is -2.28. The third-order valence-corrected chi connectivity index (χ3v) is 4.81. The molecule has 2 rings (SSSR count). The fourth-order valence-corrected chi connectivity index (χ4v) is 3.25. The van der Waals surface area contributed by atoms with Crippen LogP contribution in [0.5, 0.6) is 0 Å². The molecule has 0 bridgehead atoms. The largest absolute Gasteiger partial charge is 0.458 e. The van der Waals surface area contributed by atoms with Gasteiger partial charge in [0.25, 0.3) is 0 Å². The molecule has 3 atom stereocenters. The summed E-state index contributed by atoms with van der Waals surface area (Å²) in [4.78, 5) is 24.4. The first kappa shape index (κ1) is 21.1. The number of esters is 2. The Balaban J connectivity index is 2.41. The molecule has 3 N–H and O–H groups in total. The van der Waals surface area contributed by atoms with Gasteiger partial charge in [0, 0.05) is 17.6 Å². The summed E-state index contributed by atoms with van der Waals surface area (Å²) in [7, 11) is 0. The van der Waals surface area contributed by atoms with Crippen molar-refractivity contribution in [2.75, 3.05) is 19.8 Å². The zero-order valence-corrected chi connectivity index (χ0v) is 15.4. The average Bonchev–Trinajstić information content (AvgIpc) is 2.92. The van der Waals surface area contributed by atoms with Gasteiger partial charge in [-0.1, -0.05) is 12.7 Å². The fraction of sp³-hybridized carbons (Fsp3) is 0.500. The molecule has 1 aliphatic carbocycles. The molecule has 0 radical (unpaired) electrons. The van der Waals surface area contributed by atoms with Crippen LogP contribution < -0.4 is 0 Å². The summed E-state index contributed by atoms with van der Waals surface area (Å²) in [6.45, 7) is 4.62. The smallest absolute Gasteiger partial charge is 0.334 e. The average molecular weight is 378 g/mol. The van der Waals surface area contributed by atoms with Gasteiger partial charge in [0.15, 0.2) is 0 Å². The Morgan fingerprint density at radius 3 is 2.67 bits per heavy atom. The monoisotopic (exact) mass is 378 g/mol. The predicted octanol–water partition coefficient (Wildman–Crippen LogP) is 0.956. The highest BCUT2D eigenvalue weighted by Crippen LogP contribution is 2.36. The van der Waals surface area contributed by atoms with Crippen LogP contribution in [0.25, 0.3) is 0 Å². The molecule has 0 amide bonds. The van der Waals surface area contributed by atoms with Crippen molar-refractivity contribution >= 4 is 11.9 Å².